The standard InChI is InChI=1S/C29H49N3O2S/c1-21-10-8-9-13-23(21)27(33)30-28-26(24-14-6-3-7-15-25(24)35-28)29(34)32-18-16-31(17-19-32)20-22-11-4-2-5-12-22/h21-26,28H,2-20H2,1H3,(H,30,33). The van der Waals surface area contributed by atoms with Gasteiger partial charge in [0.2, 0.25) is 11.8 Å². The Hall–Kier alpha value is -0.750. The number of hydrogen-bond donors (Lipinski definition) is 1. The summed E-state index contributed by atoms with van der Waals surface area (Å²) in [7, 11) is 0. The highest BCUT2D eigenvalue weighted by Crippen LogP contribution is 2.49. The molecule has 0 aromatic heterocycles. The Morgan fingerprint density at radius 2 is 1.46 bits per heavy atom. The van der Waals surface area contributed by atoms with Crippen molar-refractivity contribution in [1.82, 2.24) is 15.1 Å². The minimum absolute atomic E-state index is 0.0301. The number of hydrogen-bond acceptors (Lipinski definition) is 4. The van der Waals surface area contributed by atoms with Crippen molar-refractivity contribution in [3.8, 4) is 0 Å². The first kappa shape index (κ1) is 25.9. The predicted octanol–water partition coefficient (Wildman–Crippen LogP) is 5.29. The Labute approximate surface area is 217 Å². The highest BCUT2D eigenvalue weighted by molar-refractivity contribution is 8.00. The number of nitrogens with one attached hydrogen (secondary N) is 1. The van der Waals surface area contributed by atoms with Crippen molar-refractivity contribution in [2.45, 2.75) is 107 Å². The van der Waals surface area contributed by atoms with Gasteiger partial charge in [-0.25, -0.2) is 0 Å². The van der Waals surface area contributed by atoms with Crippen LogP contribution in [-0.4, -0.2) is 65.0 Å². The van der Waals surface area contributed by atoms with E-state index in [1.807, 2.05) is 11.8 Å². The lowest BCUT2D eigenvalue weighted by Gasteiger charge is -2.39. The van der Waals surface area contributed by atoms with Gasteiger partial charge in [-0.05, 0) is 56.3 Å². The minimum atomic E-state index is -0.0316. The van der Waals surface area contributed by atoms with Gasteiger partial charge in [0.1, 0.15) is 0 Å². The molecule has 5 nitrogen and oxygen atoms in total. The normalized spacial score (nSPS) is 37.5. The maximum absolute atomic E-state index is 14.0. The lowest BCUT2D eigenvalue weighted by molar-refractivity contribution is -0.139. The molecule has 5 fully saturated rings. The van der Waals surface area contributed by atoms with Gasteiger partial charge in [-0.2, -0.15) is 0 Å². The first-order valence-corrected chi connectivity index (χ1v) is 16.0. The molecule has 0 spiro atoms. The van der Waals surface area contributed by atoms with Crippen molar-refractivity contribution in [2.24, 2.45) is 29.6 Å². The Morgan fingerprint density at radius 1 is 0.800 bits per heavy atom. The van der Waals surface area contributed by atoms with Crippen LogP contribution in [0.15, 0.2) is 0 Å². The Bertz CT molecular complexity index is 719. The van der Waals surface area contributed by atoms with Crippen molar-refractivity contribution < 1.29 is 9.59 Å². The maximum atomic E-state index is 14.0. The molecule has 0 radical (unpaired) electrons. The van der Waals surface area contributed by atoms with E-state index in [9.17, 15) is 9.59 Å². The van der Waals surface area contributed by atoms with Crippen LogP contribution in [-0.2, 0) is 9.59 Å². The lowest BCUT2D eigenvalue weighted by atomic mass is 9.79. The monoisotopic (exact) mass is 503 g/mol. The van der Waals surface area contributed by atoms with E-state index in [0.717, 1.165) is 51.4 Å². The number of rotatable bonds is 5. The zero-order valence-corrected chi connectivity index (χ0v) is 22.9. The fourth-order valence-corrected chi connectivity index (χ4v) is 9.72. The smallest absolute Gasteiger partial charge is 0.229 e. The van der Waals surface area contributed by atoms with E-state index in [0.29, 0.717) is 23.0 Å². The number of carbonyl (C=O) groups is 2. The van der Waals surface area contributed by atoms with Gasteiger partial charge in [0.05, 0.1) is 11.3 Å². The maximum Gasteiger partial charge on any atom is 0.229 e. The van der Waals surface area contributed by atoms with Gasteiger partial charge >= 0.3 is 0 Å². The molecule has 6 atom stereocenters. The third-order valence-electron chi connectivity index (χ3n) is 10.1. The number of fused-ring (bicyclic) bond motifs is 1. The van der Waals surface area contributed by atoms with E-state index < -0.39 is 0 Å². The zero-order chi connectivity index (χ0) is 24.2. The van der Waals surface area contributed by atoms with Crippen LogP contribution in [0, 0.1) is 29.6 Å². The van der Waals surface area contributed by atoms with Crippen molar-refractivity contribution in [3.63, 3.8) is 0 Å². The molecule has 198 valence electrons. The second kappa shape index (κ2) is 12.2. The van der Waals surface area contributed by atoms with Crippen LogP contribution in [0.25, 0.3) is 0 Å². The summed E-state index contributed by atoms with van der Waals surface area (Å²) in [6.07, 6.45) is 17.8. The molecule has 0 aromatic rings. The summed E-state index contributed by atoms with van der Waals surface area (Å²) in [5, 5.41) is 3.96. The van der Waals surface area contributed by atoms with Crippen molar-refractivity contribution in [2.75, 3.05) is 32.7 Å². The molecular weight excluding hydrogens is 454 g/mol. The van der Waals surface area contributed by atoms with Gasteiger partial charge in [-0.15, -0.1) is 11.8 Å². The summed E-state index contributed by atoms with van der Waals surface area (Å²) >= 11 is 1.94. The largest absolute Gasteiger partial charge is 0.343 e. The first-order chi connectivity index (χ1) is 17.1. The third-order valence-corrected chi connectivity index (χ3v) is 11.7. The van der Waals surface area contributed by atoms with Crippen LogP contribution in [0.5, 0.6) is 0 Å². The average molecular weight is 504 g/mol. The molecular formula is C29H49N3O2S. The summed E-state index contributed by atoms with van der Waals surface area (Å²) in [6, 6.07) is 0. The predicted molar refractivity (Wildman–Crippen MR) is 144 cm³/mol. The molecule has 3 aliphatic carbocycles. The zero-order valence-electron chi connectivity index (χ0n) is 22.1. The molecule has 2 aliphatic heterocycles. The second-order valence-corrected chi connectivity index (χ2v) is 13.8. The van der Waals surface area contributed by atoms with Crippen molar-refractivity contribution in [1.29, 1.82) is 0 Å². The van der Waals surface area contributed by atoms with Crippen molar-refractivity contribution >= 4 is 23.6 Å². The first-order valence-electron chi connectivity index (χ1n) is 15.1. The molecule has 6 heteroatoms. The van der Waals surface area contributed by atoms with E-state index in [4.69, 9.17) is 0 Å². The summed E-state index contributed by atoms with van der Waals surface area (Å²) in [6.45, 7) is 7.24. The van der Waals surface area contributed by atoms with Crippen LogP contribution in [0.1, 0.15) is 96.8 Å². The highest BCUT2D eigenvalue weighted by atomic mass is 32.2. The molecule has 5 aliphatic rings. The number of piperazine rings is 1. The summed E-state index contributed by atoms with van der Waals surface area (Å²) in [4.78, 5) is 32.2. The van der Waals surface area contributed by atoms with Crippen LogP contribution < -0.4 is 5.32 Å². The third kappa shape index (κ3) is 6.22. The van der Waals surface area contributed by atoms with Gasteiger partial charge in [-0.1, -0.05) is 58.3 Å². The number of thioether (sulfide) groups is 1. The molecule has 35 heavy (non-hydrogen) atoms. The Morgan fingerprint density at radius 3 is 2.20 bits per heavy atom. The van der Waals surface area contributed by atoms with Gasteiger partial charge in [0.15, 0.2) is 0 Å². The highest BCUT2D eigenvalue weighted by Gasteiger charge is 2.50. The SMILES string of the molecule is CC1CCCCC1C(=O)NC1SC2CCCCCC2C1C(=O)N1CCN(CC2CCCCC2)CC1. The summed E-state index contributed by atoms with van der Waals surface area (Å²) in [5.74, 6) is 2.43. The lowest BCUT2D eigenvalue weighted by Crippen LogP contribution is -2.54. The molecule has 2 heterocycles. The summed E-state index contributed by atoms with van der Waals surface area (Å²) in [5.41, 5.74) is 0. The fourth-order valence-electron chi connectivity index (χ4n) is 7.87. The van der Waals surface area contributed by atoms with Gasteiger partial charge in [0, 0.05) is 43.9 Å². The van der Waals surface area contributed by atoms with E-state index in [1.165, 1.54) is 77.2 Å². The number of nitrogens with zero attached hydrogens (tertiary/aromatic N) is 2. The van der Waals surface area contributed by atoms with Gasteiger partial charge < -0.3 is 10.2 Å². The van der Waals surface area contributed by atoms with Crippen LogP contribution in [0.2, 0.25) is 0 Å². The Balaban J connectivity index is 1.22. The number of amides is 2. The van der Waals surface area contributed by atoms with Gasteiger partial charge in [0.25, 0.3) is 0 Å². The van der Waals surface area contributed by atoms with Crippen LogP contribution in [0.4, 0.5) is 0 Å². The molecule has 0 aromatic carbocycles. The van der Waals surface area contributed by atoms with E-state index in [-0.39, 0.29) is 23.1 Å². The topological polar surface area (TPSA) is 52.7 Å². The van der Waals surface area contributed by atoms with E-state index in [1.54, 1.807) is 0 Å². The molecule has 2 saturated heterocycles. The quantitative estimate of drug-likeness (QED) is 0.554. The summed E-state index contributed by atoms with van der Waals surface area (Å²) < 4.78 is 0. The second-order valence-electron chi connectivity index (χ2n) is 12.4. The van der Waals surface area contributed by atoms with Crippen LogP contribution in [0.3, 0.4) is 0 Å². The fraction of sp³-hybridized carbons (Fsp3) is 0.931. The number of carbonyl (C=O) groups excluding carboxylic acids is 2. The molecule has 1 N–H and O–H groups in total. The molecule has 5 rings (SSSR count). The Kier molecular flexibility index (Phi) is 9.02. The van der Waals surface area contributed by atoms with Crippen LogP contribution >= 0.6 is 11.8 Å². The molecule has 3 saturated carbocycles. The minimum Gasteiger partial charge on any atom is -0.343 e. The van der Waals surface area contributed by atoms with Gasteiger partial charge in [-0.3, -0.25) is 14.5 Å². The average Bonchev–Trinajstić information content (AvgIpc) is 3.04. The van der Waals surface area contributed by atoms with E-state index >= 15 is 0 Å². The molecule has 6 unspecified atom stereocenters. The molecule has 0 bridgehead atoms. The molecule has 2 amide bonds. The van der Waals surface area contributed by atoms with E-state index in [2.05, 4.69) is 22.0 Å². The van der Waals surface area contributed by atoms with Crippen molar-refractivity contribution in [3.05, 3.63) is 0 Å².